The smallest absolute Gasteiger partial charge is 0.295 e. The van der Waals surface area contributed by atoms with Crippen molar-refractivity contribution < 1.29 is 18.3 Å². The Balaban J connectivity index is 1.43. The Bertz CT molecular complexity index is 1850. The van der Waals surface area contributed by atoms with Gasteiger partial charge in [0, 0.05) is 23.0 Å². The van der Waals surface area contributed by atoms with Gasteiger partial charge < -0.3 is 9.67 Å². The summed E-state index contributed by atoms with van der Waals surface area (Å²) in [6, 6.07) is 27.0. The van der Waals surface area contributed by atoms with Crippen molar-refractivity contribution in [1.29, 1.82) is 0 Å². The summed E-state index contributed by atoms with van der Waals surface area (Å²) in [6.45, 7) is 1.83. The first-order valence-corrected chi connectivity index (χ1v) is 14.1. The Hall–Kier alpha value is -4.47. The molecule has 0 saturated carbocycles. The zero-order valence-electron chi connectivity index (χ0n) is 21.7. The van der Waals surface area contributed by atoms with Crippen LogP contribution in [0.25, 0.3) is 10.9 Å². The van der Waals surface area contributed by atoms with E-state index in [2.05, 4.69) is 10.2 Å². The molecule has 5 rings (SSSR count). The Labute approximate surface area is 236 Å². The molecule has 10 heteroatoms. The van der Waals surface area contributed by atoms with Crippen molar-refractivity contribution in [2.24, 2.45) is 17.3 Å². The van der Waals surface area contributed by atoms with Crippen LogP contribution in [0.15, 0.2) is 112 Å². The summed E-state index contributed by atoms with van der Waals surface area (Å²) in [5, 5.41) is 19.4. The van der Waals surface area contributed by atoms with Gasteiger partial charge in [0.05, 0.1) is 22.6 Å². The number of benzene rings is 4. The number of anilines is 1. The maximum absolute atomic E-state index is 13.7. The van der Waals surface area contributed by atoms with Crippen LogP contribution in [0.5, 0.6) is 5.88 Å². The second kappa shape index (κ2) is 11.0. The number of halogens is 1. The third-order valence-corrected chi connectivity index (χ3v) is 8.60. The normalized spacial score (nSPS) is 11.8. The molecule has 0 aliphatic carbocycles. The maximum Gasteiger partial charge on any atom is 0.295 e. The van der Waals surface area contributed by atoms with E-state index in [0.717, 1.165) is 11.1 Å². The number of fused-ring (bicyclic) bond motifs is 1. The number of aromatic nitrogens is 1. The highest BCUT2D eigenvalue weighted by atomic mass is 35.5. The lowest BCUT2D eigenvalue weighted by Gasteiger charge is -2.26. The van der Waals surface area contributed by atoms with Gasteiger partial charge >= 0.3 is 0 Å². The van der Waals surface area contributed by atoms with Crippen molar-refractivity contribution in [3.63, 3.8) is 0 Å². The Morgan fingerprint density at radius 1 is 0.950 bits per heavy atom. The zero-order valence-corrected chi connectivity index (χ0v) is 23.3. The lowest BCUT2D eigenvalue weighted by Crippen LogP contribution is -2.31. The third kappa shape index (κ3) is 5.21. The van der Waals surface area contributed by atoms with Gasteiger partial charge in [0.2, 0.25) is 5.88 Å². The van der Waals surface area contributed by atoms with Crippen molar-refractivity contribution >= 4 is 49.8 Å². The van der Waals surface area contributed by atoms with E-state index in [1.165, 1.54) is 4.31 Å². The van der Waals surface area contributed by atoms with Crippen LogP contribution in [0.3, 0.4) is 0 Å². The number of rotatable bonds is 7. The van der Waals surface area contributed by atoms with Crippen LogP contribution in [0.4, 0.5) is 11.4 Å². The fourth-order valence-electron chi connectivity index (χ4n) is 4.40. The minimum absolute atomic E-state index is 0.0122. The molecular formula is C30H25ClN4O4S. The molecule has 40 heavy (non-hydrogen) atoms. The molecule has 1 amide bonds. The van der Waals surface area contributed by atoms with Crippen LogP contribution in [-0.2, 0) is 23.6 Å². The molecule has 0 unspecified atom stereocenters. The van der Waals surface area contributed by atoms with Gasteiger partial charge in [0.25, 0.3) is 15.9 Å². The predicted octanol–water partition coefficient (Wildman–Crippen LogP) is 7.17. The summed E-state index contributed by atoms with van der Waals surface area (Å²) in [5.74, 6) is -0.692. The van der Waals surface area contributed by atoms with E-state index >= 15 is 0 Å². The first-order chi connectivity index (χ1) is 19.2. The fourth-order valence-corrected chi connectivity index (χ4v) is 6.10. The molecule has 0 spiro atoms. The molecule has 0 bridgehead atoms. The van der Waals surface area contributed by atoms with E-state index in [4.69, 9.17) is 11.6 Å². The topological polar surface area (TPSA) is 104 Å². The van der Waals surface area contributed by atoms with Gasteiger partial charge in [0.15, 0.2) is 5.69 Å². The fraction of sp³-hybridized carbons (Fsp3) is 0.100. The number of carbonyl (C=O) groups excluding carboxylic acids is 1. The number of sulfonamides is 1. The molecule has 0 radical (unpaired) electrons. The molecule has 0 aliphatic heterocycles. The number of para-hydroxylation sites is 1. The Morgan fingerprint density at radius 3 is 2.35 bits per heavy atom. The van der Waals surface area contributed by atoms with Crippen LogP contribution in [-0.4, -0.2) is 24.0 Å². The Morgan fingerprint density at radius 2 is 1.62 bits per heavy atom. The minimum Gasteiger partial charge on any atom is -0.493 e. The summed E-state index contributed by atoms with van der Waals surface area (Å²) < 4.78 is 30.3. The van der Waals surface area contributed by atoms with Gasteiger partial charge in [-0.25, -0.2) is 8.42 Å². The van der Waals surface area contributed by atoms with Crippen molar-refractivity contribution in [3.05, 3.63) is 119 Å². The number of amides is 1. The quantitative estimate of drug-likeness (QED) is 0.209. The standard InChI is InChI=1S/C30H25ClN4O4S/c1-20-12-17-23(31)18-27(20)35(40(38,39)24-8-4-3-5-9-24)19-21-13-15-22(16-14-21)29(36)33-32-28-25-10-6-7-11-26(25)34(2)30(28)37/h3-18,37H,19H2,1-2H3. The highest BCUT2D eigenvalue weighted by Gasteiger charge is 2.26. The maximum atomic E-state index is 13.7. The lowest BCUT2D eigenvalue weighted by molar-refractivity contribution is 0.0995. The van der Waals surface area contributed by atoms with Crippen molar-refractivity contribution in [3.8, 4) is 5.88 Å². The summed E-state index contributed by atoms with van der Waals surface area (Å²) in [6.07, 6.45) is 0. The van der Waals surface area contributed by atoms with Gasteiger partial charge in [-0.05, 0) is 60.5 Å². The SMILES string of the molecule is Cc1ccc(Cl)cc1N(Cc1ccc(C(=O)N=Nc2c(O)n(C)c3ccccc23)cc1)S(=O)(=O)c1ccccc1. The van der Waals surface area contributed by atoms with Gasteiger partial charge in [0.1, 0.15) is 0 Å². The van der Waals surface area contributed by atoms with Crippen LogP contribution >= 0.6 is 11.6 Å². The second-order valence-electron chi connectivity index (χ2n) is 9.21. The van der Waals surface area contributed by atoms with Crippen molar-refractivity contribution in [1.82, 2.24) is 4.57 Å². The lowest BCUT2D eigenvalue weighted by atomic mass is 10.1. The number of aromatic hydroxyl groups is 1. The van der Waals surface area contributed by atoms with Crippen molar-refractivity contribution in [2.75, 3.05) is 4.31 Å². The van der Waals surface area contributed by atoms with Crippen molar-refractivity contribution in [2.45, 2.75) is 18.4 Å². The number of carbonyl (C=O) groups is 1. The largest absolute Gasteiger partial charge is 0.493 e. The molecule has 0 fully saturated rings. The highest BCUT2D eigenvalue weighted by molar-refractivity contribution is 7.92. The van der Waals surface area contributed by atoms with Gasteiger partial charge in [-0.3, -0.25) is 9.10 Å². The number of nitrogens with zero attached hydrogens (tertiary/aromatic N) is 4. The molecule has 0 aliphatic rings. The minimum atomic E-state index is -3.93. The zero-order chi connectivity index (χ0) is 28.4. The van der Waals surface area contributed by atoms with Gasteiger partial charge in [-0.2, -0.15) is 0 Å². The number of hydrogen-bond donors (Lipinski definition) is 1. The van der Waals surface area contributed by atoms with Gasteiger partial charge in [-0.15, -0.1) is 10.2 Å². The summed E-state index contributed by atoms with van der Waals surface area (Å²) in [5.41, 5.74) is 3.09. The monoisotopic (exact) mass is 572 g/mol. The molecular weight excluding hydrogens is 548 g/mol. The van der Waals surface area contributed by atoms with E-state index in [-0.39, 0.29) is 28.6 Å². The molecule has 8 nitrogen and oxygen atoms in total. The average Bonchev–Trinajstić information content (AvgIpc) is 3.21. The predicted molar refractivity (Wildman–Crippen MR) is 156 cm³/mol. The van der Waals surface area contributed by atoms with Crippen LogP contribution in [0, 0.1) is 6.92 Å². The first kappa shape index (κ1) is 27.1. The molecule has 0 saturated heterocycles. The second-order valence-corrected chi connectivity index (χ2v) is 11.5. The van der Waals surface area contributed by atoms with E-state index in [1.807, 2.05) is 25.1 Å². The average molecular weight is 573 g/mol. The highest BCUT2D eigenvalue weighted by Crippen LogP contribution is 2.38. The van der Waals surface area contributed by atoms with Gasteiger partial charge in [-0.1, -0.05) is 66.2 Å². The first-order valence-electron chi connectivity index (χ1n) is 12.3. The van der Waals surface area contributed by atoms with E-state index in [9.17, 15) is 18.3 Å². The van der Waals surface area contributed by atoms with E-state index in [1.54, 1.807) is 90.5 Å². The summed E-state index contributed by atoms with van der Waals surface area (Å²) >= 11 is 6.24. The summed E-state index contributed by atoms with van der Waals surface area (Å²) in [4.78, 5) is 12.9. The molecule has 1 heterocycles. The van der Waals surface area contributed by atoms with E-state index in [0.29, 0.717) is 21.7 Å². The molecule has 0 atom stereocenters. The third-order valence-electron chi connectivity index (χ3n) is 6.59. The number of hydrogen-bond acceptors (Lipinski definition) is 5. The van der Waals surface area contributed by atoms with Crippen LogP contribution in [0.2, 0.25) is 5.02 Å². The van der Waals surface area contributed by atoms with Crippen LogP contribution in [0.1, 0.15) is 21.5 Å². The molecule has 202 valence electrons. The molecule has 1 N–H and O–H groups in total. The molecule has 4 aromatic carbocycles. The molecule has 1 aromatic heterocycles. The van der Waals surface area contributed by atoms with E-state index < -0.39 is 15.9 Å². The number of aryl methyl sites for hydroxylation is 2. The summed E-state index contributed by atoms with van der Waals surface area (Å²) in [7, 11) is -2.23. The molecule has 5 aromatic rings. The van der Waals surface area contributed by atoms with Crippen LogP contribution < -0.4 is 4.31 Å². The number of azo groups is 1. The Kier molecular flexibility index (Phi) is 7.42.